The first-order chi connectivity index (χ1) is 19.4. The van der Waals surface area contributed by atoms with Crippen molar-refractivity contribution in [3.05, 3.63) is 83.1 Å². The maximum absolute atomic E-state index is 13.7. The van der Waals surface area contributed by atoms with Gasteiger partial charge in [-0.3, -0.25) is 4.68 Å². The van der Waals surface area contributed by atoms with E-state index in [0.29, 0.717) is 50.7 Å². The maximum atomic E-state index is 13.7. The molecule has 0 atom stereocenters. The van der Waals surface area contributed by atoms with Crippen molar-refractivity contribution in [1.29, 1.82) is 0 Å². The van der Waals surface area contributed by atoms with E-state index in [4.69, 9.17) is 14.6 Å². The fraction of sp³-hybridized carbons (Fsp3) is 0.312. The summed E-state index contributed by atoms with van der Waals surface area (Å²) in [6, 6.07) is 16.3. The number of fused-ring (bicyclic) bond motifs is 3. The van der Waals surface area contributed by atoms with Gasteiger partial charge in [0.05, 0.1) is 24.4 Å². The van der Waals surface area contributed by atoms with E-state index in [9.17, 15) is 14.3 Å². The van der Waals surface area contributed by atoms with Crippen molar-refractivity contribution in [2.24, 2.45) is 7.05 Å². The first kappa shape index (κ1) is 26.1. The van der Waals surface area contributed by atoms with Crippen LogP contribution in [0.3, 0.4) is 0 Å². The van der Waals surface area contributed by atoms with E-state index >= 15 is 0 Å². The third-order valence-corrected chi connectivity index (χ3v) is 7.86. The zero-order valence-electron chi connectivity index (χ0n) is 22.7. The van der Waals surface area contributed by atoms with Crippen molar-refractivity contribution in [1.82, 2.24) is 14.3 Å². The van der Waals surface area contributed by atoms with Gasteiger partial charge < -0.3 is 19.1 Å². The average molecular weight is 542 g/mol. The third kappa shape index (κ3) is 4.62. The smallest absolute Gasteiger partial charge is 0.352 e. The summed E-state index contributed by atoms with van der Waals surface area (Å²) in [5, 5.41) is 17.7. The molecule has 0 saturated heterocycles. The minimum Gasteiger partial charge on any atom is -0.493 e. The standard InChI is InChI=1S/C32H32FN3O4/c1-20-29-26-10-6-9-24-25(11-7-17-40-28-12-5-8-21-18-22(33)13-14-23(21)28)31(32(37)38)36(30(24)26)15-3-4-16-39-19-27(29)34-35(20)2/h5-6,8-10,12-14,18H,3-4,7,11,15-17,19H2,1-2H3,(H,37,38). The molecule has 40 heavy (non-hydrogen) atoms. The quantitative estimate of drug-likeness (QED) is 0.243. The lowest BCUT2D eigenvalue weighted by Gasteiger charge is -2.12. The molecule has 0 fully saturated rings. The van der Waals surface area contributed by atoms with Crippen LogP contribution in [-0.4, -0.2) is 38.6 Å². The van der Waals surface area contributed by atoms with Crippen LogP contribution in [0.2, 0.25) is 0 Å². The Morgan fingerprint density at radius 1 is 1.12 bits per heavy atom. The van der Waals surface area contributed by atoms with Crippen LogP contribution in [-0.2, 0) is 31.4 Å². The number of para-hydroxylation sites is 1. The number of ether oxygens (including phenoxy) is 2. The van der Waals surface area contributed by atoms with Gasteiger partial charge in [-0.2, -0.15) is 5.10 Å². The van der Waals surface area contributed by atoms with Crippen LogP contribution in [0.1, 0.15) is 46.7 Å². The molecule has 0 radical (unpaired) electrons. The molecule has 1 N–H and O–H groups in total. The first-order valence-corrected chi connectivity index (χ1v) is 13.7. The molecule has 3 aromatic carbocycles. The van der Waals surface area contributed by atoms with Crippen LogP contribution in [0.4, 0.5) is 4.39 Å². The number of rotatable bonds is 6. The van der Waals surface area contributed by atoms with E-state index in [0.717, 1.165) is 62.6 Å². The average Bonchev–Trinajstić information content (AvgIpc) is 3.40. The number of hydrogen-bond donors (Lipinski definition) is 1. The number of nitrogens with zero attached hydrogens (tertiary/aromatic N) is 3. The van der Waals surface area contributed by atoms with Gasteiger partial charge in [0, 0.05) is 47.8 Å². The monoisotopic (exact) mass is 541 g/mol. The van der Waals surface area contributed by atoms with E-state index in [1.807, 2.05) is 53.6 Å². The molecule has 3 heterocycles. The van der Waals surface area contributed by atoms with E-state index in [-0.39, 0.29) is 5.82 Å². The molecule has 0 unspecified atom stereocenters. The molecular weight excluding hydrogens is 509 g/mol. The highest BCUT2D eigenvalue weighted by Gasteiger charge is 2.27. The molecule has 8 heteroatoms. The SMILES string of the molecule is Cc1c2c(nn1C)COCCCCn1c(C(=O)O)c(CCCOc3cccc4cc(F)ccc34)c3cccc-2c31. The van der Waals surface area contributed by atoms with Gasteiger partial charge in [0.15, 0.2) is 0 Å². The van der Waals surface area contributed by atoms with Crippen molar-refractivity contribution in [3.63, 3.8) is 0 Å². The van der Waals surface area contributed by atoms with Crippen LogP contribution in [0, 0.1) is 12.7 Å². The Morgan fingerprint density at radius 3 is 2.83 bits per heavy atom. The zero-order valence-corrected chi connectivity index (χ0v) is 22.7. The lowest BCUT2D eigenvalue weighted by molar-refractivity contribution is 0.0683. The largest absolute Gasteiger partial charge is 0.493 e. The van der Waals surface area contributed by atoms with Crippen molar-refractivity contribution in [2.75, 3.05) is 13.2 Å². The number of aromatic carboxylic acids is 1. The molecule has 0 bridgehead atoms. The van der Waals surface area contributed by atoms with Gasteiger partial charge >= 0.3 is 5.97 Å². The fourth-order valence-electron chi connectivity index (χ4n) is 5.96. The summed E-state index contributed by atoms with van der Waals surface area (Å²) in [4.78, 5) is 12.7. The van der Waals surface area contributed by atoms with E-state index in [1.165, 1.54) is 12.1 Å². The van der Waals surface area contributed by atoms with Crippen LogP contribution in [0.25, 0.3) is 32.8 Å². The maximum Gasteiger partial charge on any atom is 0.352 e. The number of carbonyl (C=O) groups is 1. The number of carboxylic acid groups (broad SMARTS) is 1. The molecule has 0 amide bonds. The lowest BCUT2D eigenvalue weighted by atomic mass is 9.98. The molecule has 1 aliphatic heterocycles. The van der Waals surface area contributed by atoms with E-state index < -0.39 is 5.97 Å². The topological polar surface area (TPSA) is 78.5 Å². The van der Waals surface area contributed by atoms with Gasteiger partial charge in [0.1, 0.15) is 17.3 Å². The molecule has 7 nitrogen and oxygen atoms in total. The molecule has 1 aliphatic rings. The lowest BCUT2D eigenvalue weighted by Crippen LogP contribution is -2.12. The second kappa shape index (κ2) is 10.8. The summed E-state index contributed by atoms with van der Waals surface area (Å²) < 4.78 is 29.6. The summed E-state index contributed by atoms with van der Waals surface area (Å²) in [6.45, 7) is 4.06. The molecule has 5 aromatic rings. The van der Waals surface area contributed by atoms with E-state index in [2.05, 4.69) is 6.07 Å². The molecule has 0 aliphatic carbocycles. The molecule has 0 spiro atoms. The Labute approximate surface area is 231 Å². The highest BCUT2D eigenvalue weighted by molar-refractivity contribution is 6.04. The second-order valence-electron chi connectivity index (χ2n) is 10.3. The van der Waals surface area contributed by atoms with Crippen LogP contribution in [0.5, 0.6) is 5.75 Å². The predicted octanol–water partition coefficient (Wildman–Crippen LogP) is 6.66. The van der Waals surface area contributed by atoms with Gasteiger partial charge in [-0.05, 0) is 67.8 Å². The van der Waals surface area contributed by atoms with Crippen molar-refractivity contribution >= 4 is 27.6 Å². The Hall–Kier alpha value is -4.17. The Balaban J connectivity index is 1.38. The Bertz CT molecular complexity index is 1740. The normalized spacial score (nSPS) is 13.8. The zero-order chi connectivity index (χ0) is 27.8. The number of benzene rings is 3. The van der Waals surface area contributed by atoms with Gasteiger partial charge in [0.25, 0.3) is 0 Å². The van der Waals surface area contributed by atoms with Crippen LogP contribution >= 0.6 is 0 Å². The predicted molar refractivity (Wildman–Crippen MR) is 152 cm³/mol. The van der Waals surface area contributed by atoms with Gasteiger partial charge in [0.2, 0.25) is 0 Å². The number of halogens is 1. The third-order valence-electron chi connectivity index (χ3n) is 7.86. The first-order valence-electron chi connectivity index (χ1n) is 13.7. The highest BCUT2D eigenvalue weighted by atomic mass is 19.1. The second-order valence-corrected chi connectivity index (χ2v) is 10.3. The van der Waals surface area contributed by atoms with Crippen molar-refractivity contribution < 1.29 is 23.8 Å². The highest BCUT2D eigenvalue weighted by Crippen LogP contribution is 2.39. The molecule has 2 aromatic heterocycles. The molecule has 6 rings (SSSR count). The Morgan fingerprint density at radius 2 is 1.98 bits per heavy atom. The van der Waals surface area contributed by atoms with Gasteiger partial charge in [-0.1, -0.05) is 30.3 Å². The number of hydrogen-bond acceptors (Lipinski definition) is 4. The number of aromatic nitrogens is 3. The van der Waals surface area contributed by atoms with Crippen molar-refractivity contribution in [2.45, 2.75) is 45.8 Å². The molecule has 0 saturated carbocycles. The fourth-order valence-corrected chi connectivity index (χ4v) is 5.96. The summed E-state index contributed by atoms with van der Waals surface area (Å²) in [5.41, 5.74) is 5.97. The van der Waals surface area contributed by atoms with E-state index in [1.54, 1.807) is 6.07 Å². The Kier molecular flexibility index (Phi) is 7.02. The summed E-state index contributed by atoms with van der Waals surface area (Å²) in [7, 11) is 1.92. The number of aryl methyl sites for hydroxylation is 3. The molecular formula is C32H32FN3O4. The van der Waals surface area contributed by atoms with Crippen molar-refractivity contribution in [3.8, 4) is 16.9 Å². The van der Waals surface area contributed by atoms with Crippen LogP contribution < -0.4 is 4.74 Å². The molecule has 206 valence electrons. The van der Waals surface area contributed by atoms with Gasteiger partial charge in [-0.15, -0.1) is 0 Å². The van der Waals surface area contributed by atoms with Crippen LogP contribution in [0.15, 0.2) is 54.6 Å². The number of carboxylic acids is 1. The minimum absolute atomic E-state index is 0.284. The summed E-state index contributed by atoms with van der Waals surface area (Å²) in [5.74, 6) is -0.519. The minimum atomic E-state index is -0.927. The van der Waals surface area contributed by atoms with Gasteiger partial charge in [-0.25, -0.2) is 9.18 Å². The summed E-state index contributed by atoms with van der Waals surface area (Å²) >= 11 is 0. The summed E-state index contributed by atoms with van der Waals surface area (Å²) in [6.07, 6.45) is 2.83.